The van der Waals surface area contributed by atoms with Crippen molar-refractivity contribution in [3.63, 3.8) is 0 Å². The molecule has 1 aliphatic rings. The first-order valence-electron chi connectivity index (χ1n) is 9.75. The number of ether oxygens (including phenoxy) is 2. The molecule has 0 bridgehead atoms. The topological polar surface area (TPSA) is 125 Å². The summed E-state index contributed by atoms with van der Waals surface area (Å²) in [5, 5.41) is 2.61. The van der Waals surface area contributed by atoms with Gasteiger partial charge in [-0.3, -0.25) is 14.4 Å². The molecule has 0 saturated heterocycles. The highest BCUT2D eigenvalue weighted by Crippen LogP contribution is 2.58. The van der Waals surface area contributed by atoms with E-state index >= 15 is 0 Å². The van der Waals surface area contributed by atoms with Gasteiger partial charge in [0.25, 0.3) is 0 Å². The maximum Gasteiger partial charge on any atom is 0.309 e. The van der Waals surface area contributed by atoms with E-state index in [9.17, 15) is 19.2 Å². The lowest BCUT2D eigenvalue weighted by Crippen LogP contribution is -2.51. The van der Waals surface area contributed by atoms with Crippen LogP contribution in [0.5, 0.6) is 0 Å². The molecule has 1 aliphatic carbocycles. The quantitative estimate of drug-likeness (QED) is 0.302. The average molecular weight is 424 g/mol. The van der Waals surface area contributed by atoms with Crippen molar-refractivity contribution in [2.45, 2.75) is 18.3 Å². The molecule has 2 aromatic rings. The molecule has 2 aromatic carbocycles. The van der Waals surface area contributed by atoms with Crippen LogP contribution < -0.4 is 11.1 Å². The second kappa shape index (κ2) is 9.42. The smallest absolute Gasteiger partial charge is 0.309 e. The minimum absolute atomic E-state index is 0.234. The number of nitrogens with one attached hydrogen (secondary N) is 1. The summed E-state index contributed by atoms with van der Waals surface area (Å²) in [5.74, 6) is -3.32. The fourth-order valence-corrected chi connectivity index (χ4v) is 4.23. The van der Waals surface area contributed by atoms with Crippen molar-refractivity contribution < 1.29 is 28.7 Å². The Balaban J connectivity index is 1.95. The predicted octanol–water partition coefficient (Wildman–Crippen LogP) is 2.26. The van der Waals surface area contributed by atoms with Gasteiger partial charge in [-0.2, -0.15) is 0 Å². The lowest BCUT2D eigenvalue weighted by Gasteiger charge is -2.49. The van der Waals surface area contributed by atoms with Crippen LogP contribution in [0.3, 0.4) is 0 Å². The van der Waals surface area contributed by atoms with Gasteiger partial charge < -0.3 is 25.3 Å². The van der Waals surface area contributed by atoms with Gasteiger partial charge in [0.05, 0.1) is 32.5 Å². The van der Waals surface area contributed by atoms with Crippen LogP contribution >= 0.6 is 0 Å². The minimum atomic E-state index is -0.590. The zero-order valence-electron chi connectivity index (χ0n) is 17.2. The highest BCUT2D eigenvalue weighted by atomic mass is 16.5. The van der Waals surface area contributed by atoms with Crippen LogP contribution in [0, 0.1) is 11.8 Å². The van der Waals surface area contributed by atoms with Crippen LogP contribution in [0.1, 0.15) is 29.4 Å². The fourth-order valence-electron chi connectivity index (χ4n) is 4.23. The third-order valence-electron chi connectivity index (χ3n) is 5.66. The molecule has 31 heavy (non-hydrogen) atoms. The number of rotatable bonds is 7. The number of hydrogen-bond donors (Lipinski definition) is 2. The Hall–Kier alpha value is -3.68. The SMILES string of the molecule is COC(=O)C1C(c2ccc(N)cc2)C(C(=O)OC)C1c1ccc(NC(=O)CC=O)cc1. The van der Waals surface area contributed by atoms with Gasteiger partial charge in [-0.25, -0.2) is 0 Å². The van der Waals surface area contributed by atoms with Crippen molar-refractivity contribution in [2.24, 2.45) is 11.8 Å². The Morgan fingerprint density at radius 1 is 0.871 bits per heavy atom. The van der Waals surface area contributed by atoms with Crippen LogP contribution in [0.4, 0.5) is 11.4 Å². The summed E-state index contributed by atoms with van der Waals surface area (Å²) >= 11 is 0. The molecule has 2 unspecified atom stereocenters. The van der Waals surface area contributed by atoms with Gasteiger partial charge in [-0.05, 0) is 35.4 Å². The molecule has 2 atom stereocenters. The maximum atomic E-state index is 12.7. The van der Waals surface area contributed by atoms with E-state index in [0.717, 1.165) is 11.1 Å². The van der Waals surface area contributed by atoms with E-state index in [-0.39, 0.29) is 6.42 Å². The van der Waals surface area contributed by atoms with Crippen molar-refractivity contribution in [1.29, 1.82) is 0 Å². The average Bonchev–Trinajstić information content (AvgIpc) is 2.75. The van der Waals surface area contributed by atoms with Crippen LogP contribution in [-0.4, -0.2) is 38.4 Å². The molecule has 0 spiro atoms. The molecule has 162 valence electrons. The predicted molar refractivity (Wildman–Crippen MR) is 113 cm³/mol. The van der Waals surface area contributed by atoms with Crippen LogP contribution in [0.15, 0.2) is 48.5 Å². The lowest BCUT2D eigenvalue weighted by molar-refractivity contribution is -0.164. The van der Waals surface area contributed by atoms with Crippen LogP contribution in [-0.2, 0) is 28.7 Å². The zero-order valence-corrected chi connectivity index (χ0v) is 17.2. The Kier molecular flexibility index (Phi) is 6.69. The number of carbonyl (C=O) groups excluding carboxylic acids is 4. The van der Waals surface area contributed by atoms with E-state index < -0.39 is 41.5 Å². The summed E-state index contributed by atoms with van der Waals surface area (Å²) in [4.78, 5) is 47.4. The van der Waals surface area contributed by atoms with Crippen molar-refractivity contribution in [3.05, 3.63) is 59.7 Å². The largest absolute Gasteiger partial charge is 0.469 e. The van der Waals surface area contributed by atoms with Crippen LogP contribution in [0.25, 0.3) is 0 Å². The lowest BCUT2D eigenvalue weighted by atomic mass is 9.52. The number of nitrogens with two attached hydrogens (primary N) is 1. The molecular weight excluding hydrogens is 400 g/mol. The van der Waals surface area contributed by atoms with Gasteiger partial charge in [0, 0.05) is 23.2 Å². The van der Waals surface area contributed by atoms with Crippen molar-refractivity contribution >= 4 is 35.5 Å². The number of methoxy groups -OCH3 is 2. The van der Waals surface area contributed by atoms with Gasteiger partial charge in [-0.15, -0.1) is 0 Å². The molecule has 0 aliphatic heterocycles. The molecule has 3 rings (SSSR count). The Labute approximate surface area is 179 Å². The van der Waals surface area contributed by atoms with Crippen molar-refractivity contribution in [1.82, 2.24) is 0 Å². The van der Waals surface area contributed by atoms with Crippen LogP contribution in [0.2, 0.25) is 0 Å². The second-order valence-electron chi connectivity index (χ2n) is 7.36. The minimum Gasteiger partial charge on any atom is -0.469 e. The molecule has 0 heterocycles. The van der Waals surface area contributed by atoms with Gasteiger partial charge in [-0.1, -0.05) is 24.3 Å². The van der Waals surface area contributed by atoms with Gasteiger partial charge in [0.1, 0.15) is 6.29 Å². The first-order chi connectivity index (χ1) is 14.9. The first kappa shape index (κ1) is 22.0. The summed E-state index contributed by atoms with van der Waals surface area (Å²) in [7, 11) is 2.63. The fraction of sp³-hybridized carbons (Fsp3) is 0.304. The number of esters is 2. The number of nitrogen functional groups attached to an aromatic ring is 1. The van der Waals surface area contributed by atoms with E-state index in [2.05, 4.69) is 5.32 Å². The Bertz CT molecular complexity index is 947. The van der Waals surface area contributed by atoms with Gasteiger partial charge in [0.2, 0.25) is 5.91 Å². The van der Waals surface area contributed by atoms with E-state index in [0.29, 0.717) is 17.7 Å². The molecular formula is C23H24N2O6. The first-order valence-corrected chi connectivity index (χ1v) is 9.75. The zero-order chi connectivity index (χ0) is 22.5. The summed E-state index contributed by atoms with van der Waals surface area (Å²) in [6.45, 7) is 0. The summed E-state index contributed by atoms with van der Waals surface area (Å²) < 4.78 is 10.1. The summed E-state index contributed by atoms with van der Waals surface area (Å²) in [6, 6.07) is 13.9. The van der Waals surface area contributed by atoms with E-state index in [1.165, 1.54) is 14.2 Å². The Morgan fingerprint density at radius 2 is 1.32 bits per heavy atom. The highest BCUT2D eigenvalue weighted by molar-refractivity contribution is 5.98. The Morgan fingerprint density at radius 3 is 1.74 bits per heavy atom. The third-order valence-corrected chi connectivity index (χ3v) is 5.66. The number of hydrogen-bond acceptors (Lipinski definition) is 7. The number of anilines is 2. The van der Waals surface area contributed by atoms with Crippen molar-refractivity contribution in [2.75, 3.05) is 25.3 Å². The maximum absolute atomic E-state index is 12.7. The summed E-state index contributed by atoms with van der Waals surface area (Å²) in [6.07, 6.45) is 0.291. The molecule has 1 saturated carbocycles. The number of benzene rings is 2. The molecule has 8 nitrogen and oxygen atoms in total. The number of amides is 1. The molecule has 1 fully saturated rings. The molecule has 0 radical (unpaired) electrons. The standard InChI is InChI=1S/C23H24N2O6/c1-30-22(28)20-18(13-3-7-15(24)8-4-13)21(23(29)31-2)19(20)14-5-9-16(10-6-14)25-17(27)11-12-26/h3-10,12,18-21H,11,24H2,1-2H3,(H,25,27). The summed E-state index contributed by atoms with van der Waals surface area (Å²) in [5.41, 5.74) is 8.41. The molecule has 3 N–H and O–H groups in total. The highest BCUT2D eigenvalue weighted by Gasteiger charge is 2.59. The van der Waals surface area contributed by atoms with E-state index in [4.69, 9.17) is 15.2 Å². The molecule has 8 heteroatoms. The van der Waals surface area contributed by atoms with Crippen molar-refractivity contribution in [3.8, 4) is 0 Å². The third kappa shape index (κ3) is 4.42. The normalized spacial score (nSPS) is 22.0. The monoisotopic (exact) mass is 424 g/mol. The van der Waals surface area contributed by atoms with Gasteiger partial charge >= 0.3 is 11.9 Å². The number of aldehydes is 1. The second-order valence-corrected chi connectivity index (χ2v) is 7.36. The number of carbonyl (C=O) groups is 4. The van der Waals surface area contributed by atoms with Gasteiger partial charge in [0.15, 0.2) is 0 Å². The molecule has 1 amide bonds. The molecule has 0 aromatic heterocycles. The van der Waals surface area contributed by atoms with E-state index in [1.807, 2.05) is 0 Å². The van der Waals surface area contributed by atoms with E-state index in [1.54, 1.807) is 48.5 Å².